The number of pyridine rings is 1. The van der Waals surface area contributed by atoms with Crippen molar-refractivity contribution in [3.63, 3.8) is 0 Å². The molecule has 0 spiro atoms. The van der Waals surface area contributed by atoms with E-state index in [1.165, 1.54) is 22.5 Å². The predicted molar refractivity (Wildman–Crippen MR) is 138 cm³/mol. The van der Waals surface area contributed by atoms with Crippen LogP contribution in [0.5, 0.6) is 5.88 Å². The molecule has 1 atom stereocenters. The number of aromatic nitrogens is 3. The minimum Gasteiger partial charge on any atom is -0.478 e. The number of hydrogen-bond acceptors (Lipinski definition) is 6. The lowest BCUT2D eigenvalue weighted by atomic mass is 9.96. The third kappa shape index (κ3) is 4.13. The number of anilines is 2. The minimum atomic E-state index is 0.121. The summed E-state index contributed by atoms with van der Waals surface area (Å²) in [6.07, 6.45) is 5.79. The van der Waals surface area contributed by atoms with Gasteiger partial charge in [0.2, 0.25) is 11.8 Å². The van der Waals surface area contributed by atoms with Gasteiger partial charge in [0.1, 0.15) is 0 Å². The van der Waals surface area contributed by atoms with Crippen LogP contribution in [0, 0.1) is 0 Å². The van der Waals surface area contributed by atoms with Crippen LogP contribution in [0.3, 0.4) is 0 Å². The summed E-state index contributed by atoms with van der Waals surface area (Å²) in [6.45, 7) is 8.01. The Bertz CT molecular complexity index is 1260. The molecule has 1 aromatic carbocycles. The van der Waals surface area contributed by atoms with Crippen LogP contribution in [0.2, 0.25) is 0 Å². The molecule has 36 heavy (non-hydrogen) atoms. The number of nitrogens with zero attached hydrogens (tertiary/aromatic N) is 5. The fraction of sp³-hybridized carbons (Fsp3) is 0.464. The Morgan fingerprint density at radius 2 is 2.06 bits per heavy atom. The number of carbonyl (C=O) groups excluding carboxylic acids is 1. The molecule has 0 unspecified atom stereocenters. The molecule has 5 heterocycles. The number of rotatable bonds is 5. The van der Waals surface area contributed by atoms with Gasteiger partial charge in [-0.3, -0.25) is 9.48 Å². The normalized spacial score (nSPS) is 19.2. The second-order valence-electron chi connectivity index (χ2n) is 9.82. The standard InChI is InChI=1S/C28H33N5O3/c1-3-36-27-9-7-22(16-29-27)20-6-8-25-21(15-20)5-4-12-32(25)28-24-17-31(19(2)34)13-10-26(24)33(30-28)23-11-14-35-18-23/h6-9,15-16,23H,3-5,10-14,17-18H2,1-2H3/t23-/m0/s1. The largest absolute Gasteiger partial charge is 0.478 e. The third-order valence-electron chi connectivity index (χ3n) is 7.58. The first-order valence-electron chi connectivity index (χ1n) is 13.1. The molecule has 0 radical (unpaired) electrons. The fourth-order valence-corrected chi connectivity index (χ4v) is 5.71. The summed E-state index contributed by atoms with van der Waals surface area (Å²) in [6, 6.07) is 10.9. The van der Waals surface area contributed by atoms with E-state index in [1.54, 1.807) is 6.92 Å². The summed E-state index contributed by atoms with van der Waals surface area (Å²) < 4.78 is 13.4. The van der Waals surface area contributed by atoms with Crippen molar-refractivity contribution < 1.29 is 14.3 Å². The Labute approximate surface area is 211 Å². The van der Waals surface area contributed by atoms with Gasteiger partial charge in [-0.15, -0.1) is 0 Å². The summed E-state index contributed by atoms with van der Waals surface area (Å²) in [7, 11) is 0. The van der Waals surface area contributed by atoms with E-state index >= 15 is 0 Å². The van der Waals surface area contributed by atoms with E-state index in [0.29, 0.717) is 25.6 Å². The third-order valence-corrected chi connectivity index (χ3v) is 7.58. The van der Waals surface area contributed by atoms with Crippen LogP contribution < -0.4 is 9.64 Å². The summed E-state index contributed by atoms with van der Waals surface area (Å²) in [4.78, 5) is 21.0. The Morgan fingerprint density at radius 1 is 1.17 bits per heavy atom. The van der Waals surface area contributed by atoms with Crippen molar-refractivity contribution in [1.82, 2.24) is 19.7 Å². The lowest BCUT2D eigenvalue weighted by Crippen LogP contribution is -2.35. The highest BCUT2D eigenvalue weighted by Gasteiger charge is 2.33. The average molecular weight is 488 g/mol. The van der Waals surface area contributed by atoms with Gasteiger partial charge in [0.15, 0.2) is 5.82 Å². The summed E-state index contributed by atoms with van der Waals surface area (Å²) >= 11 is 0. The van der Waals surface area contributed by atoms with E-state index in [-0.39, 0.29) is 11.9 Å². The zero-order valence-electron chi connectivity index (χ0n) is 21.1. The van der Waals surface area contributed by atoms with Gasteiger partial charge in [-0.25, -0.2) is 4.98 Å². The van der Waals surface area contributed by atoms with Gasteiger partial charge in [0.25, 0.3) is 0 Å². The fourth-order valence-electron chi connectivity index (χ4n) is 5.71. The van der Waals surface area contributed by atoms with E-state index in [9.17, 15) is 4.79 Å². The molecule has 8 nitrogen and oxygen atoms in total. The van der Waals surface area contributed by atoms with Gasteiger partial charge in [0.05, 0.1) is 25.8 Å². The maximum absolute atomic E-state index is 12.2. The molecule has 6 rings (SSSR count). The Kier molecular flexibility index (Phi) is 6.13. The van der Waals surface area contributed by atoms with Gasteiger partial charge in [-0.2, -0.15) is 5.10 Å². The molecule has 0 aliphatic carbocycles. The minimum absolute atomic E-state index is 0.121. The highest BCUT2D eigenvalue weighted by molar-refractivity contribution is 5.76. The molecule has 3 aliphatic rings. The second-order valence-corrected chi connectivity index (χ2v) is 9.82. The van der Waals surface area contributed by atoms with E-state index in [4.69, 9.17) is 14.6 Å². The van der Waals surface area contributed by atoms with E-state index in [1.807, 2.05) is 24.1 Å². The zero-order valence-corrected chi connectivity index (χ0v) is 21.1. The Morgan fingerprint density at radius 3 is 2.81 bits per heavy atom. The topological polar surface area (TPSA) is 72.7 Å². The molecule has 3 aliphatic heterocycles. The average Bonchev–Trinajstić information content (AvgIpc) is 3.56. The monoisotopic (exact) mass is 487 g/mol. The number of aryl methyl sites for hydroxylation is 1. The number of amides is 1. The molecule has 3 aromatic rings. The second kappa shape index (κ2) is 9.58. The first kappa shape index (κ1) is 23.0. The molecule has 188 valence electrons. The molecule has 0 saturated carbocycles. The number of fused-ring (bicyclic) bond motifs is 2. The van der Waals surface area contributed by atoms with Crippen molar-refractivity contribution >= 4 is 17.4 Å². The van der Waals surface area contributed by atoms with Crippen LogP contribution in [-0.2, 0) is 28.9 Å². The van der Waals surface area contributed by atoms with Crippen molar-refractivity contribution in [3.8, 4) is 17.0 Å². The lowest BCUT2D eigenvalue weighted by molar-refractivity contribution is -0.129. The van der Waals surface area contributed by atoms with Crippen LogP contribution in [0.4, 0.5) is 11.5 Å². The summed E-state index contributed by atoms with van der Waals surface area (Å²) in [5.74, 6) is 1.77. The van der Waals surface area contributed by atoms with Gasteiger partial charge < -0.3 is 19.3 Å². The zero-order chi connectivity index (χ0) is 24.6. The molecule has 0 N–H and O–H groups in total. The van der Waals surface area contributed by atoms with E-state index in [0.717, 1.165) is 62.3 Å². The maximum atomic E-state index is 12.2. The highest BCUT2D eigenvalue weighted by Crippen LogP contribution is 2.40. The van der Waals surface area contributed by atoms with Crippen molar-refractivity contribution in [3.05, 3.63) is 53.3 Å². The van der Waals surface area contributed by atoms with Crippen molar-refractivity contribution in [1.29, 1.82) is 0 Å². The van der Waals surface area contributed by atoms with Gasteiger partial charge >= 0.3 is 0 Å². The van der Waals surface area contributed by atoms with Crippen LogP contribution in [0.15, 0.2) is 36.5 Å². The maximum Gasteiger partial charge on any atom is 0.219 e. The molecular weight excluding hydrogens is 454 g/mol. The molecule has 0 bridgehead atoms. The first-order chi connectivity index (χ1) is 17.6. The molecule has 8 heteroatoms. The number of carbonyl (C=O) groups is 1. The Hall–Kier alpha value is -3.39. The lowest BCUT2D eigenvalue weighted by Gasteiger charge is -2.32. The van der Waals surface area contributed by atoms with Gasteiger partial charge in [-0.1, -0.05) is 6.07 Å². The van der Waals surface area contributed by atoms with Crippen molar-refractivity contribution in [2.24, 2.45) is 0 Å². The number of benzene rings is 1. The van der Waals surface area contributed by atoms with Crippen molar-refractivity contribution in [2.45, 2.75) is 52.1 Å². The molecule has 1 amide bonds. The first-order valence-corrected chi connectivity index (χ1v) is 13.1. The number of hydrogen-bond donors (Lipinski definition) is 0. The smallest absolute Gasteiger partial charge is 0.219 e. The number of ether oxygens (including phenoxy) is 2. The summed E-state index contributed by atoms with van der Waals surface area (Å²) in [5, 5.41) is 5.20. The Balaban J connectivity index is 1.36. The molecule has 1 fully saturated rings. The van der Waals surface area contributed by atoms with Crippen LogP contribution in [-0.4, -0.2) is 58.5 Å². The molecule has 1 saturated heterocycles. The summed E-state index contributed by atoms with van der Waals surface area (Å²) in [5.41, 5.74) is 7.22. The highest BCUT2D eigenvalue weighted by atomic mass is 16.5. The van der Waals surface area contributed by atoms with Crippen LogP contribution in [0.25, 0.3) is 11.1 Å². The van der Waals surface area contributed by atoms with Crippen LogP contribution in [0.1, 0.15) is 49.6 Å². The molecular formula is C28H33N5O3. The molecule has 2 aromatic heterocycles. The van der Waals surface area contributed by atoms with Gasteiger partial charge in [0, 0.05) is 67.8 Å². The van der Waals surface area contributed by atoms with E-state index < -0.39 is 0 Å². The van der Waals surface area contributed by atoms with Gasteiger partial charge in [-0.05, 0) is 55.5 Å². The quantitative estimate of drug-likeness (QED) is 0.535. The van der Waals surface area contributed by atoms with E-state index in [2.05, 4.69) is 38.8 Å². The van der Waals surface area contributed by atoms with Crippen molar-refractivity contribution in [2.75, 3.05) is 37.8 Å². The van der Waals surface area contributed by atoms with Crippen LogP contribution >= 0.6 is 0 Å². The SMILES string of the molecule is CCOc1ccc(-c2ccc3c(c2)CCCN3c2nn([C@H]3CCOC3)c3c2CN(C(C)=O)CC3)cn1. The predicted octanol–water partition coefficient (Wildman–Crippen LogP) is 4.29.